The number of hydrogen-bond donors (Lipinski definition) is 1. The molecular formula is C12H16Br2N2O. The van der Waals surface area contributed by atoms with Gasteiger partial charge < -0.3 is 10.5 Å². The third-order valence-electron chi connectivity index (χ3n) is 2.87. The smallest absolute Gasteiger partial charge is 0.147 e. The molecule has 2 rings (SSSR count). The van der Waals surface area contributed by atoms with Crippen LogP contribution in [0.2, 0.25) is 0 Å². The first-order valence-electron chi connectivity index (χ1n) is 5.76. The maximum atomic E-state index is 5.79. The van der Waals surface area contributed by atoms with Crippen molar-refractivity contribution in [2.45, 2.75) is 12.8 Å². The lowest BCUT2D eigenvalue weighted by atomic mass is 10.3. The fourth-order valence-corrected chi connectivity index (χ4v) is 3.45. The molecule has 17 heavy (non-hydrogen) atoms. The fraction of sp³-hybridized carbons (Fsp3) is 0.500. The molecule has 1 heterocycles. The second kappa shape index (κ2) is 6.07. The molecular weight excluding hydrogens is 348 g/mol. The maximum Gasteiger partial charge on any atom is 0.147 e. The third kappa shape index (κ3) is 3.60. The summed E-state index contributed by atoms with van der Waals surface area (Å²) < 4.78 is 7.58. The number of likely N-dealkylation sites (tertiary alicyclic amines) is 1. The number of ether oxygens (including phenoxy) is 1. The minimum Gasteiger partial charge on any atom is -0.490 e. The molecule has 3 nitrogen and oxygen atoms in total. The van der Waals surface area contributed by atoms with E-state index < -0.39 is 0 Å². The largest absolute Gasteiger partial charge is 0.490 e. The number of nitrogens with zero attached hydrogens (tertiary/aromatic N) is 1. The first-order valence-corrected chi connectivity index (χ1v) is 7.35. The molecule has 0 amide bonds. The summed E-state index contributed by atoms with van der Waals surface area (Å²) in [5.41, 5.74) is 6.45. The van der Waals surface area contributed by atoms with Crippen molar-refractivity contribution >= 4 is 37.5 Å². The van der Waals surface area contributed by atoms with Crippen LogP contribution >= 0.6 is 31.9 Å². The summed E-state index contributed by atoms with van der Waals surface area (Å²) in [7, 11) is 0. The molecule has 0 saturated carbocycles. The quantitative estimate of drug-likeness (QED) is 0.834. The average molecular weight is 364 g/mol. The molecule has 0 spiro atoms. The molecule has 1 saturated heterocycles. The second-order valence-corrected chi connectivity index (χ2v) is 5.92. The molecule has 0 aromatic heterocycles. The van der Waals surface area contributed by atoms with Gasteiger partial charge >= 0.3 is 0 Å². The number of benzene rings is 1. The van der Waals surface area contributed by atoms with Crippen LogP contribution in [-0.2, 0) is 0 Å². The van der Waals surface area contributed by atoms with Crippen LogP contribution in [0.3, 0.4) is 0 Å². The molecule has 1 aromatic carbocycles. The van der Waals surface area contributed by atoms with Gasteiger partial charge in [-0.1, -0.05) is 0 Å². The van der Waals surface area contributed by atoms with Crippen molar-refractivity contribution in [1.82, 2.24) is 4.90 Å². The third-order valence-corrected chi connectivity index (χ3v) is 4.05. The van der Waals surface area contributed by atoms with Crippen molar-refractivity contribution in [1.29, 1.82) is 0 Å². The summed E-state index contributed by atoms with van der Waals surface area (Å²) >= 11 is 6.93. The molecule has 1 fully saturated rings. The van der Waals surface area contributed by atoms with Gasteiger partial charge in [-0.3, -0.25) is 4.90 Å². The van der Waals surface area contributed by atoms with Crippen molar-refractivity contribution in [2.24, 2.45) is 0 Å². The van der Waals surface area contributed by atoms with Crippen LogP contribution in [0.25, 0.3) is 0 Å². The topological polar surface area (TPSA) is 38.5 Å². The highest BCUT2D eigenvalue weighted by Crippen LogP contribution is 2.35. The zero-order valence-corrected chi connectivity index (χ0v) is 12.8. The van der Waals surface area contributed by atoms with Crippen molar-refractivity contribution in [3.8, 4) is 5.75 Å². The molecule has 1 aromatic rings. The molecule has 5 heteroatoms. The number of nitrogen functional groups attached to an aromatic ring is 1. The lowest BCUT2D eigenvalue weighted by Crippen LogP contribution is -2.25. The van der Waals surface area contributed by atoms with E-state index in [4.69, 9.17) is 10.5 Å². The maximum absolute atomic E-state index is 5.79. The van der Waals surface area contributed by atoms with Crippen LogP contribution in [0.4, 0.5) is 5.69 Å². The monoisotopic (exact) mass is 362 g/mol. The Balaban J connectivity index is 1.89. The van der Waals surface area contributed by atoms with E-state index in [-0.39, 0.29) is 0 Å². The Kier molecular flexibility index (Phi) is 4.70. The van der Waals surface area contributed by atoms with Crippen LogP contribution in [0.15, 0.2) is 21.1 Å². The van der Waals surface area contributed by atoms with Crippen molar-refractivity contribution < 1.29 is 4.74 Å². The minimum atomic E-state index is 0.709. The Bertz CT molecular complexity index is 369. The minimum absolute atomic E-state index is 0.709. The van der Waals surface area contributed by atoms with Crippen molar-refractivity contribution in [3.63, 3.8) is 0 Å². The van der Waals surface area contributed by atoms with Crippen LogP contribution in [-0.4, -0.2) is 31.1 Å². The van der Waals surface area contributed by atoms with Crippen LogP contribution in [0, 0.1) is 0 Å². The van der Waals surface area contributed by atoms with Gasteiger partial charge in [0.1, 0.15) is 12.4 Å². The molecule has 1 aliphatic heterocycles. The number of hydrogen-bond acceptors (Lipinski definition) is 3. The van der Waals surface area contributed by atoms with E-state index in [1.165, 1.54) is 25.9 Å². The van der Waals surface area contributed by atoms with Gasteiger partial charge in [0.15, 0.2) is 0 Å². The van der Waals surface area contributed by atoms with Crippen LogP contribution < -0.4 is 10.5 Å². The summed E-state index contributed by atoms with van der Waals surface area (Å²) in [5.74, 6) is 0.832. The molecule has 0 bridgehead atoms. The SMILES string of the molecule is Nc1cc(Br)c(OCCN2CCCC2)c(Br)c1. The Morgan fingerprint density at radius 2 is 1.76 bits per heavy atom. The van der Waals surface area contributed by atoms with Gasteiger partial charge in [-0.15, -0.1) is 0 Å². The Morgan fingerprint density at radius 3 is 2.35 bits per heavy atom. The number of anilines is 1. The standard InChI is InChI=1S/C12H16Br2N2O/c13-10-7-9(15)8-11(14)12(10)17-6-5-16-3-1-2-4-16/h7-8H,1-6,15H2. The van der Waals surface area contributed by atoms with Crippen LogP contribution in [0.1, 0.15) is 12.8 Å². The zero-order chi connectivity index (χ0) is 12.3. The molecule has 0 aliphatic carbocycles. The normalized spacial score (nSPS) is 16.4. The number of halogens is 2. The van der Waals surface area contributed by atoms with E-state index in [0.29, 0.717) is 6.61 Å². The first-order chi connectivity index (χ1) is 8.16. The van der Waals surface area contributed by atoms with Gasteiger partial charge in [-0.25, -0.2) is 0 Å². The average Bonchev–Trinajstić information content (AvgIpc) is 2.74. The summed E-state index contributed by atoms with van der Waals surface area (Å²) in [6, 6.07) is 3.71. The number of nitrogens with two attached hydrogens (primary N) is 1. The molecule has 0 atom stereocenters. The molecule has 0 radical (unpaired) electrons. The second-order valence-electron chi connectivity index (χ2n) is 4.21. The Labute approximate surface area is 119 Å². The van der Waals surface area contributed by atoms with E-state index in [1.54, 1.807) is 0 Å². The summed E-state index contributed by atoms with van der Waals surface area (Å²) in [5, 5.41) is 0. The Morgan fingerprint density at radius 1 is 1.18 bits per heavy atom. The highest BCUT2D eigenvalue weighted by atomic mass is 79.9. The van der Waals surface area contributed by atoms with Crippen molar-refractivity contribution in [2.75, 3.05) is 32.0 Å². The predicted octanol–water partition coefficient (Wildman–Crippen LogP) is 3.27. The van der Waals surface area contributed by atoms with E-state index >= 15 is 0 Å². The zero-order valence-electron chi connectivity index (χ0n) is 9.59. The molecule has 1 aliphatic rings. The Hall–Kier alpha value is -0.260. The summed E-state index contributed by atoms with van der Waals surface area (Å²) in [4.78, 5) is 2.43. The van der Waals surface area contributed by atoms with Gasteiger partial charge in [-0.05, 0) is 69.9 Å². The molecule has 0 unspecified atom stereocenters. The predicted molar refractivity (Wildman–Crippen MR) is 77.4 cm³/mol. The van der Waals surface area contributed by atoms with Crippen LogP contribution in [0.5, 0.6) is 5.75 Å². The number of rotatable bonds is 4. The summed E-state index contributed by atoms with van der Waals surface area (Å²) in [6.07, 6.45) is 2.63. The van der Waals surface area contributed by atoms with Gasteiger partial charge in [-0.2, -0.15) is 0 Å². The highest BCUT2D eigenvalue weighted by Gasteiger charge is 2.12. The van der Waals surface area contributed by atoms with E-state index in [2.05, 4.69) is 36.8 Å². The first kappa shape index (κ1) is 13.2. The highest BCUT2D eigenvalue weighted by molar-refractivity contribution is 9.11. The van der Waals surface area contributed by atoms with E-state index in [0.717, 1.165) is 26.9 Å². The van der Waals surface area contributed by atoms with E-state index in [1.807, 2.05) is 12.1 Å². The van der Waals surface area contributed by atoms with Gasteiger partial charge in [0.2, 0.25) is 0 Å². The lowest BCUT2D eigenvalue weighted by Gasteiger charge is -2.16. The van der Waals surface area contributed by atoms with Gasteiger partial charge in [0.05, 0.1) is 8.95 Å². The van der Waals surface area contributed by atoms with Crippen molar-refractivity contribution in [3.05, 3.63) is 21.1 Å². The fourth-order valence-electron chi connectivity index (χ4n) is 2.00. The molecule has 94 valence electrons. The van der Waals surface area contributed by atoms with Gasteiger partial charge in [0, 0.05) is 12.2 Å². The lowest BCUT2D eigenvalue weighted by molar-refractivity contribution is 0.236. The molecule has 2 N–H and O–H groups in total. The summed E-state index contributed by atoms with van der Waals surface area (Å²) in [6.45, 7) is 4.10. The van der Waals surface area contributed by atoms with Gasteiger partial charge in [0.25, 0.3) is 0 Å². The van der Waals surface area contributed by atoms with E-state index in [9.17, 15) is 0 Å².